The third-order valence-corrected chi connectivity index (χ3v) is 3.72. The summed E-state index contributed by atoms with van der Waals surface area (Å²) < 4.78 is 2.02. The summed E-state index contributed by atoms with van der Waals surface area (Å²) in [6.07, 6.45) is 5.01. The molecule has 118 valence electrons. The van der Waals surface area contributed by atoms with E-state index < -0.39 is 0 Å². The second-order valence-electron chi connectivity index (χ2n) is 6.29. The Morgan fingerprint density at radius 1 is 1.50 bits per heavy atom. The number of carbonyl (C=O) groups excluding carboxylic acids is 1. The molecule has 7 heteroatoms. The minimum Gasteiger partial charge on any atom is -0.349 e. The highest BCUT2D eigenvalue weighted by molar-refractivity contribution is 5.92. The topological polar surface area (TPSA) is 88.5 Å². The van der Waals surface area contributed by atoms with E-state index >= 15 is 0 Å². The Balaban J connectivity index is 1.49. The van der Waals surface area contributed by atoms with Crippen molar-refractivity contribution in [3.8, 4) is 0 Å². The molecule has 0 atom stereocenters. The highest BCUT2D eigenvalue weighted by Crippen LogP contribution is 2.38. The Morgan fingerprint density at radius 2 is 2.32 bits per heavy atom. The number of H-pyrrole nitrogens is 1. The summed E-state index contributed by atoms with van der Waals surface area (Å²) >= 11 is 0. The van der Waals surface area contributed by atoms with Crippen LogP contribution >= 0.6 is 0 Å². The monoisotopic (exact) mass is 302 g/mol. The van der Waals surface area contributed by atoms with Gasteiger partial charge in [-0.2, -0.15) is 5.10 Å². The van der Waals surface area contributed by atoms with Crippen molar-refractivity contribution < 1.29 is 4.79 Å². The first kappa shape index (κ1) is 14.7. The Labute approximate surface area is 129 Å². The minimum absolute atomic E-state index is 0.146. The molecule has 1 amide bonds. The molecule has 2 heterocycles. The normalized spacial score (nSPS) is 14.5. The minimum atomic E-state index is -0.146. The van der Waals surface area contributed by atoms with Crippen molar-refractivity contribution in [1.82, 2.24) is 30.3 Å². The lowest BCUT2D eigenvalue weighted by Crippen LogP contribution is -2.27. The van der Waals surface area contributed by atoms with E-state index in [4.69, 9.17) is 0 Å². The lowest BCUT2D eigenvalue weighted by molar-refractivity contribution is 0.0947. The standard InChI is InChI=1S/C15H22N6O/c1-10(2)7-12-8-13(19-18-12)15(22)16-5-6-21-9-17-20-14(21)11-3-4-11/h8-11H,3-7H2,1-2H3,(H,16,22)(H,18,19). The molecular formula is C15H22N6O. The molecule has 22 heavy (non-hydrogen) atoms. The van der Waals surface area contributed by atoms with Crippen molar-refractivity contribution in [3.05, 3.63) is 29.6 Å². The summed E-state index contributed by atoms with van der Waals surface area (Å²) in [7, 11) is 0. The number of nitrogens with one attached hydrogen (secondary N) is 2. The van der Waals surface area contributed by atoms with Crippen molar-refractivity contribution in [1.29, 1.82) is 0 Å². The SMILES string of the molecule is CC(C)Cc1cc(C(=O)NCCn2cnnc2C2CC2)n[nH]1. The van der Waals surface area contributed by atoms with Gasteiger partial charge in [-0.3, -0.25) is 9.89 Å². The predicted molar refractivity (Wildman–Crippen MR) is 81.5 cm³/mol. The number of hydrogen-bond acceptors (Lipinski definition) is 4. The van der Waals surface area contributed by atoms with Gasteiger partial charge in [-0.25, -0.2) is 0 Å². The molecule has 1 saturated carbocycles. The van der Waals surface area contributed by atoms with Gasteiger partial charge in [0.15, 0.2) is 0 Å². The Bertz CT molecular complexity index is 640. The molecule has 7 nitrogen and oxygen atoms in total. The lowest BCUT2D eigenvalue weighted by Gasteiger charge is -2.06. The van der Waals surface area contributed by atoms with Crippen LogP contribution in [0.4, 0.5) is 0 Å². The number of aromatic nitrogens is 5. The predicted octanol–water partition coefficient (Wildman–Crippen LogP) is 1.51. The molecule has 0 unspecified atom stereocenters. The number of nitrogens with zero attached hydrogens (tertiary/aromatic N) is 4. The third kappa shape index (κ3) is 3.52. The molecule has 2 aromatic rings. The van der Waals surface area contributed by atoms with Gasteiger partial charge >= 0.3 is 0 Å². The van der Waals surface area contributed by atoms with Crippen molar-refractivity contribution >= 4 is 5.91 Å². The molecule has 0 aromatic carbocycles. The second kappa shape index (κ2) is 6.29. The summed E-state index contributed by atoms with van der Waals surface area (Å²) in [4.78, 5) is 12.1. The lowest BCUT2D eigenvalue weighted by atomic mass is 10.1. The number of amides is 1. The Kier molecular flexibility index (Phi) is 4.22. The zero-order chi connectivity index (χ0) is 15.5. The summed E-state index contributed by atoms with van der Waals surface area (Å²) in [5, 5.41) is 18.0. The van der Waals surface area contributed by atoms with Crippen LogP contribution in [0.1, 0.15) is 54.6 Å². The fourth-order valence-corrected chi connectivity index (χ4v) is 2.50. The zero-order valence-corrected chi connectivity index (χ0v) is 13.0. The molecule has 0 aliphatic heterocycles. The molecule has 2 N–H and O–H groups in total. The zero-order valence-electron chi connectivity index (χ0n) is 13.0. The first-order valence-electron chi connectivity index (χ1n) is 7.83. The smallest absolute Gasteiger partial charge is 0.271 e. The fourth-order valence-electron chi connectivity index (χ4n) is 2.50. The van der Waals surface area contributed by atoms with Crippen molar-refractivity contribution in [2.45, 2.75) is 45.6 Å². The van der Waals surface area contributed by atoms with E-state index in [1.54, 1.807) is 6.33 Å². The van der Waals surface area contributed by atoms with Crippen molar-refractivity contribution in [2.24, 2.45) is 5.92 Å². The third-order valence-electron chi connectivity index (χ3n) is 3.72. The summed E-state index contributed by atoms with van der Waals surface area (Å²) in [6, 6.07) is 1.82. The molecule has 2 aromatic heterocycles. The van der Waals surface area contributed by atoms with Crippen LogP contribution < -0.4 is 5.32 Å². The average molecular weight is 302 g/mol. The van der Waals surface area contributed by atoms with Gasteiger partial charge in [0.25, 0.3) is 5.91 Å². The number of rotatable bonds is 7. The summed E-state index contributed by atoms with van der Waals surface area (Å²) in [5.74, 6) is 1.98. The van der Waals surface area contributed by atoms with Crippen LogP contribution in [-0.2, 0) is 13.0 Å². The highest BCUT2D eigenvalue weighted by Gasteiger charge is 2.28. The van der Waals surface area contributed by atoms with Crippen molar-refractivity contribution in [2.75, 3.05) is 6.54 Å². The maximum atomic E-state index is 12.1. The second-order valence-corrected chi connectivity index (χ2v) is 6.29. The first-order valence-corrected chi connectivity index (χ1v) is 7.83. The maximum Gasteiger partial charge on any atom is 0.271 e. The Hall–Kier alpha value is -2.18. The van der Waals surface area contributed by atoms with Gasteiger partial charge in [0.05, 0.1) is 0 Å². The van der Waals surface area contributed by atoms with E-state index in [0.717, 1.165) is 17.9 Å². The molecule has 1 fully saturated rings. The number of carbonyl (C=O) groups is 1. The molecule has 1 aliphatic rings. The van der Waals surface area contributed by atoms with Crippen LogP contribution in [0.3, 0.4) is 0 Å². The van der Waals surface area contributed by atoms with Crippen LogP contribution in [0.25, 0.3) is 0 Å². The van der Waals surface area contributed by atoms with Crippen LogP contribution in [0.2, 0.25) is 0 Å². The van der Waals surface area contributed by atoms with Gasteiger partial charge in [0, 0.05) is 24.7 Å². The van der Waals surface area contributed by atoms with Crippen molar-refractivity contribution in [3.63, 3.8) is 0 Å². The molecule has 0 saturated heterocycles. The fraction of sp³-hybridized carbons (Fsp3) is 0.600. The molecule has 3 rings (SSSR count). The molecule has 0 bridgehead atoms. The van der Waals surface area contributed by atoms with Gasteiger partial charge in [0.2, 0.25) is 0 Å². The van der Waals surface area contributed by atoms with Gasteiger partial charge in [-0.05, 0) is 31.2 Å². The number of hydrogen-bond donors (Lipinski definition) is 2. The van der Waals surface area contributed by atoms with Gasteiger partial charge in [-0.15, -0.1) is 10.2 Å². The van der Waals surface area contributed by atoms with E-state index in [9.17, 15) is 4.79 Å². The van der Waals surface area contributed by atoms with E-state index in [-0.39, 0.29) is 5.91 Å². The van der Waals surface area contributed by atoms with E-state index in [0.29, 0.717) is 30.6 Å². The number of aromatic amines is 1. The Morgan fingerprint density at radius 3 is 3.05 bits per heavy atom. The first-order chi connectivity index (χ1) is 10.6. The molecule has 0 spiro atoms. The summed E-state index contributed by atoms with van der Waals surface area (Å²) in [5.41, 5.74) is 1.44. The van der Waals surface area contributed by atoms with Crippen LogP contribution in [0, 0.1) is 5.92 Å². The van der Waals surface area contributed by atoms with Crippen LogP contribution in [0.15, 0.2) is 12.4 Å². The van der Waals surface area contributed by atoms with E-state index in [1.165, 1.54) is 12.8 Å². The molecular weight excluding hydrogens is 280 g/mol. The molecule has 1 aliphatic carbocycles. The maximum absolute atomic E-state index is 12.1. The van der Waals surface area contributed by atoms with E-state index in [1.807, 2.05) is 10.6 Å². The van der Waals surface area contributed by atoms with Gasteiger partial charge in [0.1, 0.15) is 17.8 Å². The van der Waals surface area contributed by atoms with Gasteiger partial charge in [-0.1, -0.05) is 13.8 Å². The highest BCUT2D eigenvalue weighted by atomic mass is 16.1. The average Bonchev–Trinajstić information content (AvgIpc) is 3.03. The van der Waals surface area contributed by atoms with Crippen LogP contribution in [0.5, 0.6) is 0 Å². The van der Waals surface area contributed by atoms with Gasteiger partial charge < -0.3 is 9.88 Å². The quantitative estimate of drug-likeness (QED) is 0.811. The van der Waals surface area contributed by atoms with Crippen LogP contribution in [-0.4, -0.2) is 37.4 Å². The van der Waals surface area contributed by atoms with E-state index in [2.05, 4.69) is 39.6 Å². The molecule has 0 radical (unpaired) electrons. The summed E-state index contributed by atoms with van der Waals surface area (Å²) in [6.45, 7) is 5.51. The largest absolute Gasteiger partial charge is 0.349 e.